The van der Waals surface area contributed by atoms with Crippen LogP contribution in [-0.4, -0.2) is 43.8 Å². The van der Waals surface area contributed by atoms with Crippen LogP contribution in [0, 0.1) is 20.8 Å². The van der Waals surface area contributed by atoms with Crippen LogP contribution in [-0.2, 0) is 26.2 Å². The van der Waals surface area contributed by atoms with E-state index in [1.807, 2.05) is 51.1 Å². The maximum atomic E-state index is 14.1. The highest BCUT2D eigenvalue weighted by Crippen LogP contribution is 2.27. The first-order chi connectivity index (χ1) is 19.1. The predicted molar refractivity (Wildman–Crippen MR) is 158 cm³/mol. The number of hydrogen-bond acceptors (Lipinski definition) is 4. The molecule has 0 bridgehead atoms. The van der Waals surface area contributed by atoms with Crippen molar-refractivity contribution >= 4 is 27.5 Å². The van der Waals surface area contributed by atoms with E-state index in [1.54, 1.807) is 37.3 Å². The van der Waals surface area contributed by atoms with Crippen molar-refractivity contribution in [1.29, 1.82) is 0 Å². The zero-order valence-corrected chi connectivity index (χ0v) is 24.6. The summed E-state index contributed by atoms with van der Waals surface area (Å²) < 4.78 is 28.9. The summed E-state index contributed by atoms with van der Waals surface area (Å²) >= 11 is 0. The third-order valence-corrected chi connectivity index (χ3v) is 9.52. The van der Waals surface area contributed by atoms with Crippen molar-refractivity contribution in [3.63, 3.8) is 0 Å². The molecule has 1 aliphatic carbocycles. The second-order valence-corrected chi connectivity index (χ2v) is 12.6. The first kappa shape index (κ1) is 29.3. The molecule has 7 nitrogen and oxygen atoms in total. The molecule has 0 aromatic heterocycles. The summed E-state index contributed by atoms with van der Waals surface area (Å²) in [4.78, 5) is 28.9. The van der Waals surface area contributed by atoms with Gasteiger partial charge in [-0.2, -0.15) is 0 Å². The van der Waals surface area contributed by atoms with Crippen LogP contribution in [0.5, 0.6) is 0 Å². The lowest BCUT2D eigenvalue weighted by molar-refractivity contribution is -0.139. The molecule has 0 radical (unpaired) electrons. The maximum absolute atomic E-state index is 14.1. The molecule has 40 heavy (non-hydrogen) atoms. The van der Waals surface area contributed by atoms with Crippen LogP contribution in [0.3, 0.4) is 0 Å². The van der Waals surface area contributed by atoms with Crippen molar-refractivity contribution in [3.05, 3.63) is 95.1 Å². The third kappa shape index (κ3) is 6.91. The highest BCUT2D eigenvalue weighted by Gasteiger charge is 2.33. The van der Waals surface area contributed by atoms with E-state index in [4.69, 9.17) is 0 Å². The number of amides is 2. The second-order valence-electron chi connectivity index (χ2n) is 10.8. The van der Waals surface area contributed by atoms with E-state index in [2.05, 4.69) is 5.32 Å². The molecular formula is C32H39N3O4S. The van der Waals surface area contributed by atoms with Crippen LogP contribution in [0.25, 0.3) is 0 Å². The van der Waals surface area contributed by atoms with Crippen LogP contribution in [0.1, 0.15) is 54.9 Å². The Kier molecular flexibility index (Phi) is 9.30. The summed E-state index contributed by atoms with van der Waals surface area (Å²) in [5.41, 5.74) is 4.29. The van der Waals surface area contributed by atoms with Crippen LogP contribution >= 0.6 is 0 Å². The number of carbonyl (C=O) groups is 2. The molecular weight excluding hydrogens is 522 g/mol. The average molecular weight is 562 g/mol. The van der Waals surface area contributed by atoms with Crippen LogP contribution in [0.2, 0.25) is 0 Å². The SMILES string of the molecule is Cc1ccc(CN(C(=O)CN(c2ccc(C)c(C)c2)S(=O)(=O)c2ccccc2)[C@@H](C)C(=O)NC2CCCC2)cc1. The molecule has 8 heteroatoms. The summed E-state index contributed by atoms with van der Waals surface area (Å²) in [5, 5.41) is 3.10. The fourth-order valence-electron chi connectivity index (χ4n) is 4.99. The summed E-state index contributed by atoms with van der Waals surface area (Å²) in [7, 11) is -4.07. The van der Waals surface area contributed by atoms with Gasteiger partial charge in [0, 0.05) is 12.6 Å². The van der Waals surface area contributed by atoms with Crippen molar-refractivity contribution in [3.8, 4) is 0 Å². The third-order valence-electron chi connectivity index (χ3n) is 7.73. The number of sulfonamides is 1. The van der Waals surface area contributed by atoms with E-state index < -0.39 is 28.5 Å². The molecule has 3 aromatic carbocycles. The van der Waals surface area contributed by atoms with Crippen LogP contribution in [0.15, 0.2) is 77.7 Å². The quantitative estimate of drug-likeness (QED) is 0.365. The fraction of sp³-hybridized carbons (Fsp3) is 0.375. The van der Waals surface area contributed by atoms with Crippen LogP contribution in [0.4, 0.5) is 5.69 Å². The monoisotopic (exact) mass is 561 g/mol. The van der Waals surface area contributed by atoms with E-state index >= 15 is 0 Å². The number of rotatable bonds is 10. The standard InChI is InChI=1S/C32H39N3O4S/c1-23-14-17-27(18-15-23)21-34(26(4)32(37)33-28-10-8-9-11-28)31(36)22-35(29-19-16-24(2)25(3)20-29)40(38,39)30-12-6-5-7-13-30/h5-7,12-20,26,28H,8-11,21-22H2,1-4H3,(H,33,37)/t26-/m0/s1. The number of hydrogen-bond donors (Lipinski definition) is 1. The lowest BCUT2D eigenvalue weighted by Gasteiger charge is -2.32. The number of nitrogens with one attached hydrogen (secondary N) is 1. The number of aryl methyl sites for hydroxylation is 3. The van der Waals surface area contributed by atoms with Gasteiger partial charge in [-0.25, -0.2) is 8.42 Å². The van der Waals surface area contributed by atoms with Gasteiger partial charge in [0.25, 0.3) is 10.0 Å². The molecule has 1 aliphatic rings. The molecule has 0 aliphatic heterocycles. The fourth-order valence-corrected chi connectivity index (χ4v) is 6.42. The van der Waals surface area contributed by atoms with Crippen molar-refractivity contribution in [1.82, 2.24) is 10.2 Å². The lowest BCUT2D eigenvalue weighted by atomic mass is 10.1. The van der Waals surface area contributed by atoms with Gasteiger partial charge < -0.3 is 10.2 Å². The van der Waals surface area contributed by atoms with Gasteiger partial charge in [-0.05, 0) is 81.5 Å². The molecule has 0 spiro atoms. The van der Waals surface area contributed by atoms with Gasteiger partial charge in [0.15, 0.2) is 0 Å². The zero-order valence-electron chi connectivity index (χ0n) is 23.8. The summed E-state index contributed by atoms with van der Waals surface area (Å²) in [5.74, 6) is -0.677. The van der Waals surface area contributed by atoms with Gasteiger partial charge in [-0.3, -0.25) is 13.9 Å². The molecule has 0 saturated heterocycles. The van der Waals surface area contributed by atoms with Gasteiger partial charge in [0.05, 0.1) is 10.6 Å². The number of anilines is 1. The minimum Gasteiger partial charge on any atom is -0.352 e. The summed E-state index contributed by atoms with van der Waals surface area (Å²) in [6.45, 7) is 7.31. The summed E-state index contributed by atoms with van der Waals surface area (Å²) in [6, 6.07) is 20.6. The van der Waals surface area contributed by atoms with Crippen molar-refractivity contribution in [2.75, 3.05) is 10.8 Å². The molecule has 3 aromatic rings. The van der Waals surface area contributed by atoms with Gasteiger partial charge in [-0.1, -0.05) is 66.9 Å². The van der Waals surface area contributed by atoms with E-state index in [0.29, 0.717) is 5.69 Å². The lowest BCUT2D eigenvalue weighted by Crippen LogP contribution is -2.52. The van der Waals surface area contributed by atoms with Crippen molar-refractivity contribution in [2.24, 2.45) is 0 Å². The first-order valence-electron chi connectivity index (χ1n) is 13.9. The Balaban J connectivity index is 1.69. The van der Waals surface area contributed by atoms with Gasteiger partial charge in [0.2, 0.25) is 11.8 Å². The Morgan fingerprint density at radius 1 is 0.900 bits per heavy atom. The number of carbonyl (C=O) groups excluding carboxylic acids is 2. The van der Waals surface area contributed by atoms with Gasteiger partial charge >= 0.3 is 0 Å². The normalized spacial score (nSPS) is 14.5. The van der Waals surface area contributed by atoms with Gasteiger partial charge in [0.1, 0.15) is 12.6 Å². The number of benzene rings is 3. The van der Waals surface area contributed by atoms with Crippen LogP contribution < -0.4 is 9.62 Å². The van der Waals surface area contributed by atoms with E-state index in [1.165, 1.54) is 17.0 Å². The summed E-state index contributed by atoms with van der Waals surface area (Å²) in [6.07, 6.45) is 4.02. The molecule has 0 heterocycles. The highest BCUT2D eigenvalue weighted by atomic mass is 32.2. The molecule has 1 N–H and O–H groups in total. The Morgan fingerprint density at radius 3 is 2.17 bits per heavy atom. The predicted octanol–water partition coefficient (Wildman–Crippen LogP) is 5.28. The zero-order chi connectivity index (χ0) is 28.9. The molecule has 1 saturated carbocycles. The van der Waals surface area contributed by atoms with Crippen molar-refractivity contribution < 1.29 is 18.0 Å². The Morgan fingerprint density at radius 2 is 1.55 bits per heavy atom. The first-order valence-corrected chi connectivity index (χ1v) is 15.3. The minimum atomic E-state index is -4.07. The molecule has 1 atom stereocenters. The highest BCUT2D eigenvalue weighted by molar-refractivity contribution is 7.92. The minimum absolute atomic E-state index is 0.0955. The Bertz CT molecular complexity index is 1430. The number of nitrogens with zero attached hydrogens (tertiary/aromatic N) is 2. The smallest absolute Gasteiger partial charge is 0.264 e. The van der Waals surface area contributed by atoms with E-state index in [0.717, 1.165) is 52.2 Å². The molecule has 212 valence electrons. The van der Waals surface area contributed by atoms with E-state index in [9.17, 15) is 18.0 Å². The second kappa shape index (κ2) is 12.7. The topological polar surface area (TPSA) is 86.8 Å². The van der Waals surface area contributed by atoms with Crippen molar-refractivity contribution in [2.45, 2.75) is 76.9 Å². The maximum Gasteiger partial charge on any atom is 0.264 e. The average Bonchev–Trinajstić information content (AvgIpc) is 3.46. The largest absolute Gasteiger partial charge is 0.352 e. The molecule has 2 amide bonds. The van der Waals surface area contributed by atoms with Gasteiger partial charge in [-0.15, -0.1) is 0 Å². The molecule has 0 unspecified atom stereocenters. The Labute approximate surface area is 238 Å². The van der Waals surface area contributed by atoms with E-state index in [-0.39, 0.29) is 23.4 Å². The Hall–Kier alpha value is -3.65. The molecule has 4 rings (SSSR count). The molecule has 1 fully saturated rings.